The number of halogens is 6. The highest BCUT2D eigenvalue weighted by Crippen LogP contribution is 2.37. The second-order valence-electron chi connectivity index (χ2n) is 3.12. The minimum absolute atomic E-state index is 0.116. The quantitative estimate of drug-likeness (QED) is 0.637. The zero-order valence-corrected chi connectivity index (χ0v) is 7.23. The molecule has 0 saturated carbocycles. The SMILES string of the molecule is NC1C=CC(C(F)(F)F)=CC1C(F)(F)F. The summed E-state index contributed by atoms with van der Waals surface area (Å²) < 4.78 is 73.0. The van der Waals surface area contributed by atoms with Gasteiger partial charge in [-0.3, -0.25) is 0 Å². The van der Waals surface area contributed by atoms with Gasteiger partial charge in [-0.1, -0.05) is 18.2 Å². The van der Waals surface area contributed by atoms with Crippen LogP contribution in [0, 0.1) is 5.92 Å². The summed E-state index contributed by atoms with van der Waals surface area (Å²) in [6.07, 6.45) is -8.15. The molecule has 2 unspecified atom stereocenters. The van der Waals surface area contributed by atoms with Gasteiger partial charge in [0, 0.05) is 6.04 Å². The first kappa shape index (κ1) is 12.1. The third kappa shape index (κ3) is 2.74. The van der Waals surface area contributed by atoms with Gasteiger partial charge in [-0.2, -0.15) is 26.3 Å². The van der Waals surface area contributed by atoms with E-state index in [0.717, 1.165) is 0 Å². The van der Waals surface area contributed by atoms with Crippen LogP contribution in [0.25, 0.3) is 0 Å². The Morgan fingerprint density at radius 2 is 1.60 bits per heavy atom. The maximum absolute atomic E-state index is 12.2. The molecule has 0 amide bonds. The van der Waals surface area contributed by atoms with Crippen molar-refractivity contribution in [2.75, 3.05) is 0 Å². The maximum Gasteiger partial charge on any atom is 0.416 e. The molecule has 0 spiro atoms. The van der Waals surface area contributed by atoms with Crippen molar-refractivity contribution in [1.82, 2.24) is 0 Å². The fraction of sp³-hybridized carbons (Fsp3) is 0.500. The lowest BCUT2D eigenvalue weighted by Gasteiger charge is -2.25. The van der Waals surface area contributed by atoms with Crippen molar-refractivity contribution in [2.24, 2.45) is 11.7 Å². The molecule has 0 aromatic rings. The lowest BCUT2D eigenvalue weighted by Crippen LogP contribution is -2.39. The Morgan fingerprint density at radius 1 is 1.07 bits per heavy atom. The number of hydrogen-bond donors (Lipinski definition) is 1. The number of alkyl halides is 6. The Bertz CT molecular complexity index is 297. The van der Waals surface area contributed by atoms with E-state index in [-0.39, 0.29) is 6.08 Å². The molecule has 0 aromatic heterocycles. The lowest BCUT2D eigenvalue weighted by atomic mass is 9.91. The molecule has 15 heavy (non-hydrogen) atoms. The Balaban J connectivity index is 3.01. The highest BCUT2D eigenvalue weighted by molar-refractivity contribution is 5.31. The molecule has 7 heteroatoms. The molecule has 0 bridgehead atoms. The molecule has 0 aliphatic heterocycles. The van der Waals surface area contributed by atoms with Crippen LogP contribution in [0.15, 0.2) is 23.8 Å². The number of rotatable bonds is 0. The Hall–Kier alpha value is -0.980. The second-order valence-corrected chi connectivity index (χ2v) is 3.12. The fourth-order valence-electron chi connectivity index (χ4n) is 1.20. The van der Waals surface area contributed by atoms with Crippen molar-refractivity contribution in [1.29, 1.82) is 0 Å². The third-order valence-electron chi connectivity index (χ3n) is 1.98. The van der Waals surface area contributed by atoms with Crippen LogP contribution in [-0.4, -0.2) is 18.4 Å². The molecule has 0 fully saturated rings. The Kier molecular flexibility index (Phi) is 2.86. The molecule has 1 nitrogen and oxygen atoms in total. The van der Waals surface area contributed by atoms with Gasteiger partial charge in [-0.05, 0) is 0 Å². The van der Waals surface area contributed by atoms with E-state index in [9.17, 15) is 26.3 Å². The van der Waals surface area contributed by atoms with Gasteiger partial charge < -0.3 is 5.73 Å². The average molecular weight is 231 g/mol. The summed E-state index contributed by atoms with van der Waals surface area (Å²) in [6, 6.07) is -1.46. The molecule has 1 aliphatic rings. The van der Waals surface area contributed by atoms with Crippen molar-refractivity contribution in [2.45, 2.75) is 18.4 Å². The molecular formula is C8H7F6N. The predicted molar refractivity (Wildman–Crippen MR) is 40.8 cm³/mol. The van der Waals surface area contributed by atoms with E-state index in [1.165, 1.54) is 0 Å². The Labute approximate surface area is 81.2 Å². The zero-order chi connectivity index (χ0) is 11.9. The van der Waals surface area contributed by atoms with E-state index >= 15 is 0 Å². The number of nitrogens with two attached hydrogens (primary N) is 1. The largest absolute Gasteiger partial charge is 0.416 e. The van der Waals surface area contributed by atoms with Crippen LogP contribution in [-0.2, 0) is 0 Å². The highest BCUT2D eigenvalue weighted by Gasteiger charge is 2.45. The summed E-state index contributed by atoms with van der Waals surface area (Å²) in [5.74, 6) is -2.28. The fourth-order valence-corrected chi connectivity index (χ4v) is 1.20. The number of allylic oxidation sites excluding steroid dienone is 2. The van der Waals surface area contributed by atoms with Crippen LogP contribution >= 0.6 is 0 Å². The molecule has 0 aromatic carbocycles. The highest BCUT2D eigenvalue weighted by atomic mass is 19.4. The maximum atomic E-state index is 12.2. The van der Waals surface area contributed by atoms with Crippen molar-refractivity contribution in [3.63, 3.8) is 0 Å². The molecule has 86 valence electrons. The van der Waals surface area contributed by atoms with Crippen molar-refractivity contribution in [3.05, 3.63) is 23.8 Å². The molecular weight excluding hydrogens is 224 g/mol. The summed E-state index contributed by atoms with van der Waals surface area (Å²) in [7, 11) is 0. The van der Waals surface area contributed by atoms with Crippen LogP contribution < -0.4 is 5.73 Å². The topological polar surface area (TPSA) is 26.0 Å². The van der Waals surface area contributed by atoms with Gasteiger partial charge in [-0.25, -0.2) is 0 Å². The van der Waals surface area contributed by atoms with Crippen molar-refractivity contribution >= 4 is 0 Å². The summed E-state index contributed by atoms with van der Waals surface area (Å²) >= 11 is 0. The van der Waals surface area contributed by atoms with Crippen LogP contribution in [0.2, 0.25) is 0 Å². The zero-order valence-electron chi connectivity index (χ0n) is 7.23. The lowest BCUT2D eigenvalue weighted by molar-refractivity contribution is -0.164. The first-order valence-corrected chi connectivity index (χ1v) is 3.92. The molecule has 1 rings (SSSR count). The van der Waals surface area contributed by atoms with E-state index in [0.29, 0.717) is 12.2 Å². The van der Waals surface area contributed by atoms with E-state index < -0.39 is 29.9 Å². The van der Waals surface area contributed by atoms with Gasteiger partial charge >= 0.3 is 12.4 Å². The van der Waals surface area contributed by atoms with Crippen LogP contribution in [0.1, 0.15) is 0 Å². The predicted octanol–water partition coefficient (Wildman–Crippen LogP) is 2.55. The molecule has 0 radical (unpaired) electrons. The van der Waals surface area contributed by atoms with Crippen LogP contribution in [0.3, 0.4) is 0 Å². The molecule has 1 aliphatic carbocycles. The average Bonchev–Trinajstić information content (AvgIpc) is 2.00. The van der Waals surface area contributed by atoms with E-state index in [1.54, 1.807) is 0 Å². The standard InChI is InChI=1S/C8H7F6N/c9-7(10,11)4-1-2-6(15)5(3-4)8(12,13)14/h1-3,5-6H,15H2. The monoisotopic (exact) mass is 231 g/mol. The molecule has 2 N–H and O–H groups in total. The van der Waals surface area contributed by atoms with Crippen LogP contribution in [0.5, 0.6) is 0 Å². The molecule has 2 atom stereocenters. The number of hydrogen-bond acceptors (Lipinski definition) is 1. The third-order valence-corrected chi connectivity index (χ3v) is 1.98. The molecule has 0 heterocycles. The molecule has 0 saturated heterocycles. The van der Waals surface area contributed by atoms with Gasteiger partial charge in [0.05, 0.1) is 11.5 Å². The van der Waals surface area contributed by atoms with Gasteiger partial charge in [0.25, 0.3) is 0 Å². The van der Waals surface area contributed by atoms with Gasteiger partial charge in [0.1, 0.15) is 0 Å². The Morgan fingerprint density at radius 3 is 2.00 bits per heavy atom. The summed E-state index contributed by atoms with van der Waals surface area (Å²) in [5.41, 5.74) is 3.74. The van der Waals surface area contributed by atoms with Gasteiger partial charge in [0.2, 0.25) is 0 Å². The van der Waals surface area contributed by atoms with Gasteiger partial charge in [0.15, 0.2) is 0 Å². The van der Waals surface area contributed by atoms with E-state index in [4.69, 9.17) is 5.73 Å². The minimum atomic E-state index is -4.78. The summed E-state index contributed by atoms with van der Waals surface area (Å²) in [4.78, 5) is 0. The summed E-state index contributed by atoms with van der Waals surface area (Å²) in [6.45, 7) is 0. The van der Waals surface area contributed by atoms with E-state index in [1.807, 2.05) is 0 Å². The summed E-state index contributed by atoms with van der Waals surface area (Å²) in [5, 5.41) is 0. The normalized spacial score (nSPS) is 27.8. The van der Waals surface area contributed by atoms with Gasteiger partial charge in [-0.15, -0.1) is 0 Å². The smallest absolute Gasteiger partial charge is 0.324 e. The minimum Gasteiger partial charge on any atom is -0.324 e. The first-order chi connectivity index (χ1) is 6.62. The van der Waals surface area contributed by atoms with Crippen LogP contribution in [0.4, 0.5) is 26.3 Å². The second kappa shape index (κ2) is 3.55. The van der Waals surface area contributed by atoms with Crippen molar-refractivity contribution in [3.8, 4) is 0 Å². The van der Waals surface area contributed by atoms with E-state index in [2.05, 4.69) is 0 Å². The first-order valence-electron chi connectivity index (χ1n) is 3.92. The van der Waals surface area contributed by atoms with Crippen molar-refractivity contribution < 1.29 is 26.3 Å².